The summed E-state index contributed by atoms with van der Waals surface area (Å²) < 4.78 is 0. The number of amides is 2. The average molecular weight is 223 g/mol. The minimum Gasteiger partial charge on any atom is -0.288 e. The van der Waals surface area contributed by atoms with E-state index in [0.717, 1.165) is 14.9 Å². The monoisotopic (exact) mass is 223 g/mol. The average Bonchev–Trinajstić information content (AvgIpc) is 2.70. The van der Waals surface area contributed by atoms with Crippen molar-refractivity contribution in [2.45, 2.75) is 9.79 Å². The number of hydrogen-bond donors (Lipinski definition) is 1. The van der Waals surface area contributed by atoms with E-state index in [0.29, 0.717) is 11.1 Å². The van der Waals surface area contributed by atoms with E-state index >= 15 is 0 Å². The normalized spacial score (nSPS) is 18.0. The Morgan fingerprint density at radius 2 is 1.50 bits per heavy atom. The predicted molar refractivity (Wildman–Crippen MR) is 54.8 cm³/mol. The van der Waals surface area contributed by atoms with Crippen LogP contribution in [0, 0.1) is 0 Å². The van der Waals surface area contributed by atoms with Gasteiger partial charge in [0.2, 0.25) is 0 Å². The molecule has 0 unspecified atom stereocenters. The number of fused-ring (bicyclic) bond motifs is 2. The molecule has 3 rings (SSSR count). The van der Waals surface area contributed by atoms with E-state index in [1.165, 1.54) is 0 Å². The van der Waals surface area contributed by atoms with Crippen molar-refractivity contribution in [3.63, 3.8) is 0 Å². The summed E-state index contributed by atoms with van der Waals surface area (Å²) in [6.45, 7) is 0. The molecule has 0 spiro atoms. The molecule has 0 fully saturated rings. The predicted octanol–water partition coefficient (Wildman–Crippen LogP) is 1.73. The van der Waals surface area contributed by atoms with Gasteiger partial charge in [0.15, 0.2) is 0 Å². The number of benzene rings is 1. The van der Waals surface area contributed by atoms with Gasteiger partial charge in [-0.2, -0.15) is 0 Å². The van der Waals surface area contributed by atoms with Gasteiger partial charge in [-0.05, 0) is 12.1 Å². The Kier molecular flexibility index (Phi) is 1.66. The summed E-state index contributed by atoms with van der Waals surface area (Å²) in [5.41, 5.74) is 1.03. The van der Waals surface area contributed by atoms with Crippen LogP contribution in [0.4, 0.5) is 0 Å². The van der Waals surface area contributed by atoms with Crippen molar-refractivity contribution < 1.29 is 9.59 Å². The van der Waals surface area contributed by atoms with Crippen LogP contribution < -0.4 is 5.32 Å². The van der Waals surface area contributed by atoms with Crippen molar-refractivity contribution in [2.24, 2.45) is 0 Å². The molecule has 0 atom stereocenters. The molecule has 2 aliphatic heterocycles. The molecule has 1 aromatic rings. The van der Waals surface area contributed by atoms with Crippen molar-refractivity contribution >= 4 is 35.3 Å². The molecule has 5 heteroatoms. The van der Waals surface area contributed by atoms with Crippen LogP contribution in [0.2, 0.25) is 0 Å². The summed E-state index contributed by atoms with van der Waals surface area (Å²) >= 11 is 3.42. The highest BCUT2D eigenvalue weighted by Gasteiger charge is 2.29. The number of imide groups is 1. The SMILES string of the molecule is O=C1NC(=O)c2cc3c(cc21)SCS3. The molecule has 0 aliphatic carbocycles. The van der Waals surface area contributed by atoms with Gasteiger partial charge in [0, 0.05) is 14.9 Å². The maximum Gasteiger partial charge on any atom is 0.258 e. The van der Waals surface area contributed by atoms with Gasteiger partial charge in [0.1, 0.15) is 0 Å². The zero-order chi connectivity index (χ0) is 9.71. The highest BCUT2D eigenvalue weighted by atomic mass is 32.2. The summed E-state index contributed by atoms with van der Waals surface area (Å²) in [6, 6.07) is 3.63. The van der Waals surface area contributed by atoms with E-state index < -0.39 is 0 Å². The van der Waals surface area contributed by atoms with Crippen LogP contribution in [0.3, 0.4) is 0 Å². The lowest BCUT2D eigenvalue weighted by Crippen LogP contribution is -2.19. The van der Waals surface area contributed by atoms with Crippen LogP contribution in [0.5, 0.6) is 0 Å². The topological polar surface area (TPSA) is 46.2 Å². The first-order chi connectivity index (χ1) is 6.75. The lowest BCUT2D eigenvalue weighted by atomic mass is 10.1. The first kappa shape index (κ1) is 8.38. The fraction of sp³-hybridized carbons (Fsp3) is 0.111. The molecule has 1 N–H and O–H groups in total. The molecule has 0 saturated heterocycles. The number of carbonyl (C=O) groups excluding carboxylic acids is 2. The van der Waals surface area contributed by atoms with Crippen LogP contribution in [-0.4, -0.2) is 16.9 Å². The Bertz CT molecular complexity index is 429. The van der Waals surface area contributed by atoms with Crippen LogP contribution in [0.1, 0.15) is 20.7 Å². The highest BCUT2D eigenvalue weighted by Crippen LogP contribution is 2.43. The summed E-state index contributed by atoms with van der Waals surface area (Å²) in [4.78, 5) is 24.9. The lowest BCUT2D eigenvalue weighted by molar-refractivity contribution is 0.0879. The number of rotatable bonds is 0. The molecule has 3 nitrogen and oxygen atoms in total. The van der Waals surface area contributed by atoms with Crippen LogP contribution >= 0.6 is 23.5 Å². The molecule has 0 radical (unpaired) electrons. The van der Waals surface area contributed by atoms with E-state index in [1.54, 1.807) is 23.5 Å². The van der Waals surface area contributed by atoms with Gasteiger partial charge in [-0.25, -0.2) is 0 Å². The maximum absolute atomic E-state index is 11.3. The number of thioether (sulfide) groups is 2. The largest absolute Gasteiger partial charge is 0.288 e. The van der Waals surface area contributed by atoms with Crippen LogP contribution in [0.25, 0.3) is 0 Å². The Balaban J connectivity index is 2.26. The molecule has 2 amide bonds. The molecule has 1 aromatic carbocycles. The van der Waals surface area contributed by atoms with Gasteiger partial charge in [-0.15, -0.1) is 23.5 Å². The minimum atomic E-state index is -0.273. The molecule has 70 valence electrons. The van der Waals surface area contributed by atoms with E-state index in [4.69, 9.17) is 0 Å². The Hall–Kier alpha value is -0.940. The zero-order valence-corrected chi connectivity index (χ0v) is 8.63. The van der Waals surface area contributed by atoms with Crippen LogP contribution in [0.15, 0.2) is 21.9 Å². The van der Waals surface area contributed by atoms with Gasteiger partial charge in [-0.1, -0.05) is 0 Å². The smallest absolute Gasteiger partial charge is 0.258 e. The molecule has 0 aromatic heterocycles. The van der Waals surface area contributed by atoms with Crippen molar-refractivity contribution in [2.75, 3.05) is 5.08 Å². The second kappa shape index (κ2) is 2.77. The molecular weight excluding hydrogens is 218 g/mol. The van der Waals surface area contributed by atoms with E-state index in [2.05, 4.69) is 5.32 Å². The minimum absolute atomic E-state index is 0.273. The van der Waals surface area contributed by atoms with Gasteiger partial charge >= 0.3 is 0 Å². The molecule has 0 bridgehead atoms. The van der Waals surface area contributed by atoms with Crippen molar-refractivity contribution in [1.82, 2.24) is 5.32 Å². The summed E-state index contributed by atoms with van der Waals surface area (Å²) in [5, 5.41) is 3.25. The highest BCUT2D eigenvalue weighted by molar-refractivity contribution is 8.18. The second-order valence-electron chi connectivity index (χ2n) is 3.03. The first-order valence-electron chi connectivity index (χ1n) is 4.05. The van der Waals surface area contributed by atoms with Crippen molar-refractivity contribution in [1.29, 1.82) is 0 Å². The number of nitrogens with one attached hydrogen (secondary N) is 1. The molecule has 14 heavy (non-hydrogen) atoms. The van der Waals surface area contributed by atoms with E-state index in [9.17, 15) is 9.59 Å². The number of hydrogen-bond acceptors (Lipinski definition) is 4. The van der Waals surface area contributed by atoms with Gasteiger partial charge in [0.25, 0.3) is 11.8 Å². The summed E-state index contributed by atoms with van der Waals surface area (Å²) in [5.74, 6) is -0.546. The molecule has 2 heterocycles. The van der Waals surface area contributed by atoms with Crippen molar-refractivity contribution in [3.05, 3.63) is 23.3 Å². The maximum atomic E-state index is 11.3. The van der Waals surface area contributed by atoms with Crippen molar-refractivity contribution in [3.8, 4) is 0 Å². The number of carbonyl (C=O) groups is 2. The molecule has 2 aliphatic rings. The summed E-state index contributed by atoms with van der Waals surface area (Å²) in [7, 11) is 0. The van der Waals surface area contributed by atoms with Gasteiger partial charge in [0.05, 0.1) is 11.1 Å². The second-order valence-corrected chi connectivity index (χ2v) is 5.43. The summed E-state index contributed by atoms with van der Waals surface area (Å²) in [6.07, 6.45) is 0. The zero-order valence-electron chi connectivity index (χ0n) is 6.99. The Morgan fingerprint density at radius 1 is 1.00 bits per heavy atom. The van der Waals surface area contributed by atoms with Gasteiger partial charge < -0.3 is 0 Å². The van der Waals surface area contributed by atoms with E-state index in [1.807, 2.05) is 12.1 Å². The third-order valence-electron chi connectivity index (χ3n) is 2.23. The fourth-order valence-corrected chi connectivity index (χ4v) is 3.97. The third kappa shape index (κ3) is 1.02. The van der Waals surface area contributed by atoms with Gasteiger partial charge in [-0.3, -0.25) is 14.9 Å². The van der Waals surface area contributed by atoms with E-state index in [-0.39, 0.29) is 11.8 Å². The Labute approximate surface area is 88.6 Å². The lowest BCUT2D eigenvalue weighted by Gasteiger charge is -1.98. The Morgan fingerprint density at radius 3 is 2.00 bits per heavy atom. The fourth-order valence-electron chi connectivity index (χ4n) is 1.56. The quantitative estimate of drug-likeness (QED) is 0.680. The molecule has 0 saturated carbocycles. The standard InChI is InChI=1S/C9H5NO2S2/c11-8-4-1-6-7(14-3-13-6)2-5(4)9(12)10-8/h1-2H,3H2,(H,10,11,12). The van der Waals surface area contributed by atoms with Crippen LogP contribution in [-0.2, 0) is 0 Å². The molecular formula is C9H5NO2S2. The first-order valence-corrected chi connectivity index (χ1v) is 6.02. The third-order valence-corrected chi connectivity index (χ3v) is 4.60.